The largest absolute Gasteiger partial charge is 0.326 e. The van der Waals surface area contributed by atoms with Crippen molar-refractivity contribution < 1.29 is 13.2 Å². The third kappa shape index (κ3) is 6.00. The lowest BCUT2D eigenvalue weighted by molar-refractivity contribution is -0.120. The molecule has 2 aromatic carbocycles. The number of hydrogen-bond donors (Lipinski definition) is 1. The van der Waals surface area contributed by atoms with Crippen LogP contribution in [0.2, 0.25) is 20.1 Å². The molecule has 1 fully saturated rings. The third-order valence-corrected chi connectivity index (χ3v) is 7.71. The summed E-state index contributed by atoms with van der Waals surface area (Å²) in [5.74, 6) is -0.629. The predicted molar refractivity (Wildman–Crippen MR) is 118 cm³/mol. The maximum Gasteiger partial charge on any atom is 0.227 e. The zero-order valence-electron chi connectivity index (χ0n) is 15.2. The summed E-state index contributed by atoms with van der Waals surface area (Å²) in [6, 6.07) is 9.58. The fraction of sp³-hybridized carbons (Fsp3) is 0.316. The monoisotopic (exact) mass is 494 g/mol. The van der Waals surface area contributed by atoms with Crippen LogP contribution in [0, 0.1) is 5.92 Å². The van der Waals surface area contributed by atoms with Crippen molar-refractivity contribution in [3.05, 3.63) is 62.1 Å². The molecule has 0 unspecified atom stereocenters. The first kappa shape index (κ1) is 22.7. The minimum absolute atomic E-state index is 0.165. The molecule has 1 N–H and O–H groups in total. The van der Waals surface area contributed by atoms with E-state index in [0.29, 0.717) is 44.2 Å². The predicted octanol–water partition coefficient (Wildman–Crippen LogP) is 5.48. The lowest BCUT2D eigenvalue weighted by Gasteiger charge is -2.30. The van der Waals surface area contributed by atoms with Gasteiger partial charge >= 0.3 is 0 Å². The van der Waals surface area contributed by atoms with Gasteiger partial charge in [-0.3, -0.25) is 4.79 Å². The van der Waals surface area contributed by atoms with Crippen molar-refractivity contribution in [2.45, 2.75) is 18.6 Å². The number of hydrogen-bond acceptors (Lipinski definition) is 3. The Morgan fingerprint density at radius 2 is 1.59 bits per heavy atom. The van der Waals surface area contributed by atoms with Crippen molar-refractivity contribution >= 4 is 68.0 Å². The maximum absolute atomic E-state index is 12.7. The molecular weight excluding hydrogens is 478 g/mol. The molecule has 0 spiro atoms. The molecule has 1 heterocycles. The average Bonchev–Trinajstić information content (AvgIpc) is 2.64. The van der Waals surface area contributed by atoms with Crippen LogP contribution in [0.5, 0.6) is 0 Å². The van der Waals surface area contributed by atoms with Crippen LogP contribution in [0.1, 0.15) is 18.4 Å². The van der Waals surface area contributed by atoms with Gasteiger partial charge in [-0.1, -0.05) is 52.5 Å². The average molecular weight is 496 g/mol. The molecule has 1 aliphatic rings. The van der Waals surface area contributed by atoms with Gasteiger partial charge in [0.05, 0.1) is 15.8 Å². The molecule has 5 nitrogen and oxygen atoms in total. The summed E-state index contributed by atoms with van der Waals surface area (Å²) < 4.78 is 26.8. The van der Waals surface area contributed by atoms with Gasteiger partial charge in [-0.15, -0.1) is 0 Å². The van der Waals surface area contributed by atoms with Crippen molar-refractivity contribution in [1.82, 2.24) is 4.31 Å². The van der Waals surface area contributed by atoms with E-state index in [4.69, 9.17) is 46.4 Å². The van der Waals surface area contributed by atoms with Gasteiger partial charge in [0.1, 0.15) is 0 Å². The highest BCUT2D eigenvalue weighted by atomic mass is 35.5. The van der Waals surface area contributed by atoms with Crippen LogP contribution >= 0.6 is 46.4 Å². The number of amides is 1. The molecule has 1 saturated heterocycles. The number of carbonyl (C=O) groups is 1. The van der Waals surface area contributed by atoms with Crippen LogP contribution in [-0.4, -0.2) is 31.7 Å². The number of rotatable bonds is 5. The summed E-state index contributed by atoms with van der Waals surface area (Å²) >= 11 is 23.7. The van der Waals surface area contributed by atoms with Crippen molar-refractivity contribution in [3.63, 3.8) is 0 Å². The standard InChI is InChI=1S/C19H18Cl4N2O3S/c20-14-8-15(21)10-16(9-14)24-19(26)13-3-5-25(6-4-13)29(27,28)11-12-1-2-17(22)18(23)7-12/h1-2,7-10,13H,3-6,11H2,(H,24,26). The highest BCUT2D eigenvalue weighted by Gasteiger charge is 2.31. The van der Waals surface area contributed by atoms with E-state index in [0.717, 1.165) is 0 Å². The Morgan fingerprint density at radius 1 is 0.966 bits per heavy atom. The molecule has 0 atom stereocenters. The number of piperidine rings is 1. The summed E-state index contributed by atoms with van der Waals surface area (Å²) in [7, 11) is -3.52. The van der Waals surface area contributed by atoms with Gasteiger partial charge in [0, 0.05) is 34.7 Å². The molecule has 0 aromatic heterocycles. The summed E-state index contributed by atoms with van der Waals surface area (Å²) in [6.45, 7) is 0.552. The molecular formula is C19H18Cl4N2O3S. The number of carbonyl (C=O) groups excluding carboxylic acids is 1. The summed E-state index contributed by atoms with van der Waals surface area (Å²) in [5.41, 5.74) is 1.08. The minimum atomic E-state index is -3.52. The van der Waals surface area contributed by atoms with Crippen molar-refractivity contribution in [1.29, 1.82) is 0 Å². The van der Waals surface area contributed by atoms with E-state index < -0.39 is 10.0 Å². The number of nitrogens with zero attached hydrogens (tertiary/aromatic N) is 1. The van der Waals surface area contributed by atoms with E-state index in [1.807, 2.05) is 0 Å². The van der Waals surface area contributed by atoms with E-state index in [1.54, 1.807) is 36.4 Å². The Bertz CT molecular complexity index is 1000. The van der Waals surface area contributed by atoms with Crippen molar-refractivity contribution in [2.75, 3.05) is 18.4 Å². The van der Waals surface area contributed by atoms with Crippen LogP contribution in [0.15, 0.2) is 36.4 Å². The second-order valence-electron chi connectivity index (χ2n) is 6.83. The fourth-order valence-electron chi connectivity index (χ4n) is 3.20. The summed E-state index contributed by atoms with van der Waals surface area (Å²) in [5, 5.41) is 4.34. The second-order valence-corrected chi connectivity index (χ2v) is 10.5. The molecule has 1 aliphatic heterocycles. The van der Waals surface area contributed by atoms with Gasteiger partial charge in [0.25, 0.3) is 0 Å². The highest BCUT2D eigenvalue weighted by molar-refractivity contribution is 7.88. The Morgan fingerprint density at radius 3 is 2.17 bits per heavy atom. The normalized spacial score (nSPS) is 16.0. The number of sulfonamides is 1. The highest BCUT2D eigenvalue weighted by Crippen LogP contribution is 2.27. The maximum atomic E-state index is 12.7. The van der Waals surface area contributed by atoms with Crippen molar-refractivity contribution in [2.24, 2.45) is 5.92 Å². The van der Waals surface area contributed by atoms with E-state index in [2.05, 4.69) is 5.32 Å². The zero-order valence-corrected chi connectivity index (χ0v) is 19.0. The molecule has 156 valence electrons. The Labute approximate surface area is 189 Å². The van der Waals surface area contributed by atoms with Gasteiger partial charge < -0.3 is 5.32 Å². The third-order valence-electron chi connectivity index (χ3n) is 4.68. The first-order chi connectivity index (χ1) is 13.6. The first-order valence-corrected chi connectivity index (χ1v) is 11.9. The molecule has 1 amide bonds. The van der Waals surface area contributed by atoms with Crippen LogP contribution in [0.4, 0.5) is 5.69 Å². The van der Waals surface area contributed by atoms with E-state index in [-0.39, 0.29) is 30.7 Å². The van der Waals surface area contributed by atoms with Gasteiger partial charge in [-0.05, 0) is 48.7 Å². The summed E-state index contributed by atoms with van der Waals surface area (Å²) in [4.78, 5) is 12.5. The molecule has 0 saturated carbocycles. The first-order valence-electron chi connectivity index (χ1n) is 8.83. The Balaban J connectivity index is 1.58. The van der Waals surface area contributed by atoms with Gasteiger partial charge in [-0.2, -0.15) is 0 Å². The number of benzene rings is 2. The van der Waals surface area contributed by atoms with Crippen LogP contribution in [-0.2, 0) is 20.6 Å². The van der Waals surface area contributed by atoms with Crippen LogP contribution in [0.3, 0.4) is 0 Å². The molecule has 3 rings (SSSR count). The lowest BCUT2D eigenvalue weighted by Crippen LogP contribution is -2.41. The molecule has 0 radical (unpaired) electrons. The molecule has 29 heavy (non-hydrogen) atoms. The van der Waals surface area contributed by atoms with Gasteiger partial charge in [-0.25, -0.2) is 12.7 Å². The molecule has 10 heteroatoms. The summed E-state index contributed by atoms with van der Waals surface area (Å²) in [6.07, 6.45) is 0.863. The van der Waals surface area contributed by atoms with E-state index in [9.17, 15) is 13.2 Å². The molecule has 0 aliphatic carbocycles. The number of halogens is 4. The quantitative estimate of drug-likeness (QED) is 0.597. The minimum Gasteiger partial charge on any atom is -0.326 e. The Hall–Kier alpha value is -1.02. The topological polar surface area (TPSA) is 66.5 Å². The number of nitrogens with one attached hydrogen (secondary N) is 1. The van der Waals surface area contributed by atoms with Gasteiger partial charge in [0.2, 0.25) is 15.9 Å². The SMILES string of the molecule is O=C(Nc1cc(Cl)cc(Cl)c1)C1CCN(S(=O)(=O)Cc2ccc(Cl)c(Cl)c2)CC1. The van der Waals surface area contributed by atoms with Crippen LogP contribution < -0.4 is 5.32 Å². The van der Waals surface area contributed by atoms with Crippen molar-refractivity contribution in [3.8, 4) is 0 Å². The van der Waals surface area contributed by atoms with Gasteiger partial charge in [0.15, 0.2) is 0 Å². The number of anilines is 1. The fourth-order valence-corrected chi connectivity index (χ4v) is 5.60. The molecule has 0 bridgehead atoms. The second kappa shape index (κ2) is 9.41. The van der Waals surface area contributed by atoms with E-state index >= 15 is 0 Å². The molecule has 2 aromatic rings. The zero-order chi connectivity index (χ0) is 21.2. The van der Waals surface area contributed by atoms with E-state index in [1.165, 1.54) is 4.31 Å². The smallest absolute Gasteiger partial charge is 0.227 e. The van der Waals surface area contributed by atoms with Crippen LogP contribution in [0.25, 0.3) is 0 Å². The Kier molecular flexibility index (Phi) is 7.36. The lowest BCUT2D eigenvalue weighted by atomic mass is 9.97.